The summed E-state index contributed by atoms with van der Waals surface area (Å²) in [6.07, 6.45) is 3.14. The van der Waals surface area contributed by atoms with Crippen LogP contribution in [0.15, 0.2) is 70.6 Å². The van der Waals surface area contributed by atoms with Crippen LogP contribution >= 0.6 is 11.3 Å². The van der Waals surface area contributed by atoms with Gasteiger partial charge < -0.3 is 14.6 Å². The SMILES string of the molecule is O=C(CCc1ncc(-c2ccccc2F)o1)Nc1ccc(N2CCc3sccc3C2)cc1. The van der Waals surface area contributed by atoms with E-state index in [1.54, 1.807) is 18.2 Å². The molecule has 1 amide bonds. The molecule has 0 atom stereocenters. The van der Waals surface area contributed by atoms with Crippen molar-refractivity contribution in [3.05, 3.63) is 88.3 Å². The van der Waals surface area contributed by atoms with Crippen molar-refractivity contribution in [1.29, 1.82) is 0 Å². The number of nitrogens with zero attached hydrogens (tertiary/aromatic N) is 2. The lowest BCUT2D eigenvalue weighted by atomic mass is 10.1. The van der Waals surface area contributed by atoms with Crippen LogP contribution in [0, 0.1) is 5.82 Å². The van der Waals surface area contributed by atoms with Crippen molar-refractivity contribution in [3.8, 4) is 11.3 Å². The van der Waals surface area contributed by atoms with Crippen molar-refractivity contribution in [3.63, 3.8) is 0 Å². The number of hydrogen-bond donors (Lipinski definition) is 1. The first-order valence-corrected chi connectivity index (χ1v) is 11.4. The zero-order valence-electron chi connectivity index (χ0n) is 17.4. The largest absolute Gasteiger partial charge is 0.441 e. The molecule has 2 aromatic heterocycles. The van der Waals surface area contributed by atoms with Gasteiger partial charge in [0.15, 0.2) is 11.7 Å². The predicted molar refractivity (Wildman–Crippen MR) is 124 cm³/mol. The van der Waals surface area contributed by atoms with Crippen LogP contribution in [-0.4, -0.2) is 17.4 Å². The third-order valence-corrected chi connectivity index (χ3v) is 6.61. The molecule has 0 bridgehead atoms. The predicted octanol–water partition coefficient (Wildman–Crippen LogP) is 5.68. The van der Waals surface area contributed by atoms with E-state index in [-0.39, 0.29) is 18.1 Å². The Bertz CT molecular complexity index is 1230. The van der Waals surface area contributed by atoms with Crippen LogP contribution in [0.25, 0.3) is 11.3 Å². The lowest BCUT2D eigenvalue weighted by molar-refractivity contribution is -0.116. The Morgan fingerprint density at radius 1 is 1.16 bits per heavy atom. The second kappa shape index (κ2) is 8.96. The molecule has 1 aliphatic rings. The van der Waals surface area contributed by atoms with E-state index in [2.05, 4.69) is 26.6 Å². The van der Waals surface area contributed by atoms with E-state index in [0.29, 0.717) is 23.6 Å². The number of hydrogen-bond acceptors (Lipinski definition) is 5. The third kappa shape index (κ3) is 4.43. The van der Waals surface area contributed by atoms with Gasteiger partial charge in [0.2, 0.25) is 5.91 Å². The van der Waals surface area contributed by atoms with Gasteiger partial charge in [-0.3, -0.25) is 4.79 Å². The summed E-state index contributed by atoms with van der Waals surface area (Å²) < 4.78 is 19.5. The first-order valence-electron chi connectivity index (χ1n) is 10.6. The highest BCUT2D eigenvalue weighted by Crippen LogP contribution is 2.28. The summed E-state index contributed by atoms with van der Waals surface area (Å²) in [6.45, 7) is 1.93. The molecule has 7 heteroatoms. The van der Waals surface area contributed by atoms with Crippen LogP contribution in [-0.2, 0) is 24.2 Å². The average Bonchev–Trinajstić information content (AvgIpc) is 3.48. The van der Waals surface area contributed by atoms with E-state index in [1.807, 2.05) is 35.6 Å². The summed E-state index contributed by atoms with van der Waals surface area (Å²) in [6, 6.07) is 16.5. The van der Waals surface area contributed by atoms with Crippen LogP contribution in [0.3, 0.4) is 0 Å². The summed E-state index contributed by atoms with van der Waals surface area (Å²) in [5, 5.41) is 5.07. The first kappa shape index (κ1) is 20.5. The Morgan fingerprint density at radius 2 is 2.00 bits per heavy atom. The highest BCUT2D eigenvalue weighted by atomic mass is 32.1. The van der Waals surface area contributed by atoms with E-state index >= 15 is 0 Å². The number of halogens is 1. The van der Waals surface area contributed by atoms with Crippen molar-refractivity contribution in [1.82, 2.24) is 4.98 Å². The average molecular weight is 448 g/mol. The molecule has 0 saturated heterocycles. The molecule has 0 unspecified atom stereocenters. The number of thiophene rings is 1. The van der Waals surface area contributed by atoms with E-state index in [4.69, 9.17) is 4.42 Å². The molecule has 32 heavy (non-hydrogen) atoms. The van der Waals surface area contributed by atoms with Gasteiger partial charge in [0.25, 0.3) is 0 Å². The zero-order valence-corrected chi connectivity index (χ0v) is 18.2. The molecule has 0 saturated carbocycles. The van der Waals surface area contributed by atoms with Crippen LogP contribution in [0.1, 0.15) is 22.8 Å². The molecule has 1 aliphatic heterocycles. The number of anilines is 2. The van der Waals surface area contributed by atoms with E-state index in [9.17, 15) is 9.18 Å². The Morgan fingerprint density at radius 3 is 2.84 bits per heavy atom. The molecule has 2 aromatic carbocycles. The minimum Gasteiger partial charge on any atom is -0.441 e. The van der Waals surface area contributed by atoms with Crippen molar-refractivity contribution in [2.24, 2.45) is 0 Å². The zero-order chi connectivity index (χ0) is 21.9. The Labute approximate surface area is 189 Å². The number of benzene rings is 2. The van der Waals surface area contributed by atoms with Crippen molar-refractivity contribution in [2.45, 2.75) is 25.8 Å². The molecular formula is C25H22FN3O2S. The second-order valence-corrected chi connectivity index (χ2v) is 8.73. The molecule has 5 rings (SSSR count). The molecule has 4 aromatic rings. The molecule has 0 spiro atoms. The van der Waals surface area contributed by atoms with Gasteiger partial charge in [0.05, 0.1) is 11.8 Å². The fourth-order valence-electron chi connectivity index (χ4n) is 3.88. The fraction of sp³-hybridized carbons (Fsp3) is 0.200. The van der Waals surface area contributed by atoms with E-state index in [0.717, 1.165) is 30.9 Å². The number of carbonyl (C=O) groups excluding carboxylic acids is 1. The highest BCUT2D eigenvalue weighted by Gasteiger charge is 2.17. The van der Waals surface area contributed by atoms with Gasteiger partial charge in [-0.05, 0) is 59.8 Å². The number of amides is 1. The van der Waals surface area contributed by atoms with E-state index in [1.165, 1.54) is 22.7 Å². The minimum absolute atomic E-state index is 0.121. The number of carbonyl (C=O) groups is 1. The van der Waals surface area contributed by atoms with Crippen LogP contribution < -0.4 is 10.2 Å². The van der Waals surface area contributed by atoms with Gasteiger partial charge in [-0.15, -0.1) is 11.3 Å². The summed E-state index contributed by atoms with van der Waals surface area (Å²) >= 11 is 1.83. The molecule has 0 aliphatic carbocycles. The maximum Gasteiger partial charge on any atom is 0.224 e. The maximum absolute atomic E-state index is 13.9. The van der Waals surface area contributed by atoms with E-state index < -0.39 is 0 Å². The first-order chi connectivity index (χ1) is 15.7. The molecule has 3 heterocycles. The fourth-order valence-corrected chi connectivity index (χ4v) is 4.77. The highest BCUT2D eigenvalue weighted by molar-refractivity contribution is 7.10. The Balaban J connectivity index is 1.15. The minimum atomic E-state index is -0.364. The molecule has 5 nitrogen and oxygen atoms in total. The van der Waals surface area contributed by atoms with Gasteiger partial charge in [-0.1, -0.05) is 12.1 Å². The van der Waals surface area contributed by atoms with Crippen LogP contribution in [0.4, 0.5) is 15.8 Å². The standard InChI is InChI=1S/C25H22FN3O2S/c26-21-4-2-1-3-20(21)22-15-27-25(31-22)10-9-24(30)28-18-5-7-19(8-6-18)29-13-11-23-17(16-29)12-14-32-23/h1-8,12,14-15H,9-11,13,16H2,(H,28,30). The topological polar surface area (TPSA) is 58.4 Å². The molecular weight excluding hydrogens is 425 g/mol. The third-order valence-electron chi connectivity index (χ3n) is 5.58. The molecule has 0 fully saturated rings. The summed E-state index contributed by atoms with van der Waals surface area (Å²) in [4.78, 5) is 20.4. The second-order valence-electron chi connectivity index (χ2n) is 7.73. The van der Waals surface area contributed by atoms with Gasteiger partial charge in [-0.2, -0.15) is 0 Å². The summed E-state index contributed by atoms with van der Waals surface area (Å²) in [5.74, 6) is 0.286. The molecule has 1 N–H and O–H groups in total. The quantitative estimate of drug-likeness (QED) is 0.413. The number of oxazole rings is 1. The number of aryl methyl sites for hydroxylation is 1. The van der Waals surface area contributed by atoms with Crippen LogP contribution in [0.5, 0.6) is 0 Å². The molecule has 162 valence electrons. The molecule has 0 radical (unpaired) electrons. The smallest absolute Gasteiger partial charge is 0.224 e. The van der Waals surface area contributed by atoms with Gasteiger partial charge in [-0.25, -0.2) is 9.37 Å². The van der Waals surface area contributed by atoms with Crippen LogP contribution in [0.2, 0.25) is 0 Å². The normalized spacial score (nSPS) is 13.1. The number of aromatic nitrogens is 1. The van der Waals surface area contributed by atoms with Gasteiger partial charge >= 0.3 is 0 Å². The van der Waals surface area contributed by atoms with Crippen molar-refractivity contribution >= 4 is 28.6 Å². The Kier molecular flexibility index (Phi) is 5.73. The van der Waals surface area contributed by atoms with Crippen molar-refractivity contribution < 1.29 is 13.6 Å². The van der Waals surface area contributed by atoms with Crippen molar-refractivity contribution in [2.75, 3.05) is 16.8 Å². The number of fused-ring (bicyclic) bond motifs is 1. The monoisotopic (exact) mass is 447 g/mol. The summed E-state index contributed by atoms with van der Waals surface area (Å²) in [7, 11) is 0. The number of nitrogens with one attached hydrogen (secondary N) is 1. The maximum atomic E-state index is 13.9. The summed E-state index contributed by atoms with van der Waals surface area (Å²) in [5.41, 5.74) is 3.68. The lowest BCUT2D eigenvalue weighted by Crippen LogP contribution is -2.29. The van der Waals surface area contributed by atoms with Gasteiger partial charge in [0, 0.05) is 42.2 Å². The van der Waals surface area contributed by atoms with Gasteiger partial charge in [0.1, 0.15) is 5.82 Å². The Hall–Kier alpha value is -3.45. The number of rotatable bonds is 6. The lowest BCUT2D eigenvalue weighted by Gasteiger charge is -2.29.